The number of nitrogens with one attached hydrogen (secondary N) is 1. The molecule has 23 heavy (non-hydrogen) atoms. The van der Waals surface area contributed by atoms with Gasteiger partial charge in [-0.3, -0.25) is 4.79 Å². The minimum Gasteiger partial charge on any atom is -0.496 e. The van der Waals surface area contributed by atoms with Crippen LogP contribution in [0.2, 0.25) is 0 Å². The number of ether oxygens (including phenoxy) is 2. The van der Waals surface area contributed by atoms with Gasteiger partial charge in [0.15, 0.2) is 0 Å². The Balaban J connectivity index is 2.62. The number of anilines is 1. The predicted molar refractivity (Wildman–Crippen MR) is 91.3 cm³/mol. The summed E-state index contributed by atoms with van der Waals surface area (Å²) in [4.78, 5) is 23.8. The first-order valence-corrected chi connectivity index (χ1v) is 8.07. The average Bonchev–Trinajstić information content (AvgIpc) is 2.90. The van der Waals surface area contributed by atoms with Crippen molar-refractivity contribution in [2.75, 3.05) is 19.0 Å². The van der Waals surface area contributed by atoms with Gasteiger partial charge in [0.05, 0.1) is 13.7 Å². The van der Waals surface area contributed by atoms with Gasteiger partial charge in [0, 0.05) is 23.4 Å². The van der Waals surface area contributed by atoms with Crippen LogP contribution in [0.25, 0.3) is 11.1 Å². The van der Waals surface area contributed by atoms with Gasteiger partial charge in [-0.2, -0.15) is 0 Å². The first kappa shape index (κ1) is 17.0. The molecule has 0 aliphatic heterocycles. The summed E-state index contributed by atoms with van der Waals surface area (Å²) in [5.74, 6) is -0.0375. The molecule has 1 N–H and O–H groups in total. The minimum absolute atomic E-state index is 0.236. The molecule has 0 atom stereocenters. The van der Waals surface area contributed by atoms with Gasteiger partial charge in [0.1, 0.15) is 16.3 Å². The van der Waals surface area contributed by atoms with Gasteiger partial charge in [-0.15, -0.1) is 11.3 Å². The van der Waals surface area contributed by atoms with Crippen molar-refractivity contribution in [2.45, 2.75) is 20.8 Å². The smallest absolute Gasteiger partial charge is 0.341 e. The maximum absolute atomic E-state index is 12.4. The molecular weight excluding hydrogens is 314 g/mol. The van der Waals surface area contributed by atoms with E-state index in [2.05, 4.69) is 5.32 Å². The van der Waals surface area contributed by atoms with Crippen LogP contribution in [0.1, 0.15) is 29.8 Å². The molecule has 2 aromatic rings. The summed E-state index contributed by atoms with van der Waals surface area (Å²) in [6, 6.07) is 5.74. The minimum atomic E-state index is -0.462. The topological polar surface area (TPSA) is 64.6 Å². The fourth-order valence-electron chi connectivity index (χ4n) is 2.25. The Morgan fingerprint density at radius 3 is 2.61 bits per heavy atom. The molecule has 1 amide bonds. The zero-order valence-electron chi connectivity index (χ0n) is 13.6. The lowest BCUT2D eigenvalue weighted by Gasteiger charge is -2.11. The van der Waals surface area contributed by atoms with Crippen molar-refractivity contribution in [3.8, 4) is 16.9 Å². The fraction of sp³-hybridized carbons (Fsp3) is 0.294. The van der Waals surface area contributed by atoms with Crippen molar-refractivity contribution in [2.24, 2.45) is 0 Å². The highest BCUT2D eigenvalue weighted by Crippen LogP contribution is 2.40. The Morgan fingerprint density at radius 1 is 1.26 bits per heavy atom. The Morgan fingerprint density at radius 2 is 2.00 bits per heavy atom. The molecule has 0 radical (unpaired) electrons. The molecule has 0 saturated heterocycles. The molecule has 122 valence electrons. The standard InChI is InChI=1S/C17H19NO4S/c1-5-22-17(20)15-13(9-23-16(15)18-11(3)19)12-8-10(2)6-7-14(12)21-4/h6-9H,5H2,1-4H3,(H,18,19). The van der Waals surface area contributed by atoms with Crippen molar-refractivity contribution >= 4 is 28.2 Å². The highest BCUT2D eigenvalue weighted by Gasteiger charge is 2.24. The molecule has 2 rings (SSSR count). The van der Waals surface area contributed by atoms with Crippen LogP contribution in [0, 0.1) is 6.92 Å². The number of rotatable bonds is 5. The first-order valence-electron chi connectivity index (χ1n) is 7.19. The number of hydrogen-bond donors (Lipinski definition) is 1. The summed E-state index contributed by atoms with van der Waals surface area (Å²) in [6.07, 6.45) is 0. The van der Waals surface area contributed by atoms with Gasteiger partial charge >= 0.3 is 5.97 Å². The quantitative estimate of drug-likeness (QED) is 0.844. The molecule has 0 saturated carbocycles. The third-order valence-electron chi connectivity index (χ3n) is 3.21. The lowest BCUT2D eigenvalue weighted by molar-refractivity contribution is -0.114. The number of carbonyl (C=O) groups is 2. The van der Waals surface area contributed by atoms with E-state index in [-0.39, 0.29) is 12.5 Å². The molecule has 0 aliphatic carbocycles. The van der Waals surface area contributed by atoms with E-state index in [1.54, 1.807) is 14.0 Å². The molecule has 0 unspecified atom stereocenters. The van der Waals surface area contributed by atoms with Crippen LogP contribution in [0.3, 0.4) is 0 Å². The first-order chi connectivity index (χ1) is 11.0. The van der Waals surface area contributed by atoms with Crippen LogP contribution >= 0.6 is 11.3 Å². The van der Waals surface area contributed by atoms with Crippen molar-refractivity contribution in [3.63, 3.8) is 0 Å². The summed E-state index contributed by atoms with van der Waals surface area (Å²) in [5, 5.41) is 5.00. The highest BCUT2D eigenvalue weighted by atomic mass is 32.1. The van der Waals surface area contributed by atoms with Crippen LogP contribution in [0.5, 0.6) is 5.75 Å². The van der Waals surface area contributed by atoms with Crippen molar-refractivity contribution in [1.29, 1.82) is 0 Å². The number of esters is 1. The SMILES string of the molecule is CCOC(=O)c1c(-c2cc(C)ccc2OC)csc1NC(C)=O. The van der Waals surface area contributed by atoms with Gasteiger partial charge in [-0.25, -0.2) is 4.79 Å². The number of carbonyl (C=O) groups excluding carboxylic acids is 2. The molecule has 1 aromatic heterocycles. The van der Waals surface area contributed by atoms with E-state index < -0.39 is 5.97 Å². The number of hydrogen-bond acceptors (Lipinski definition) is 5. The van der Waals surface area contributed by atoms with Gasteiger partial charge < -0.3 is 14.8 Å². The molecule has 0 aliphatic rings. The normalized spacial score (nSPS) is 10.3. The van der Waals surface area contributed by atoms with Crippen LogP contribution < -0.4 is 10.1 Å². The van der Waals surface area contributed by atoms with Crippen LogP contribution in [0.4, 0.5) is 5.00 Å². The summed E-state index contributed by atoms with van der Waals surface area (Å²) < 4.78 is 10.6. The lowest BCUT2D eigenvalue weighted by atomic mass is 10.0. The summed E-state index contributed by atoms with van der Waals surface area (Å²) in [6.45, 7) is 5.38. The van der Waals surface area contributed by atoms with Crippen molar-refractivity contribution < 1.29 is 19.1 Å². The van der Waals surface area contributed by atoms with Crippen LogP contribution in [0.15, 0.2) is 23.6 Å². The van der Waals surface area contributed by atoms with E-state index in [0.717, 1.165) is 11.1 Å². The summed E-state index contributed by atoms with van der Waals surface area (Å²) >= 11 is 1.29. The van der Waals surface area contributed by atoms with E-state index in [1.165, 1.54) is 18.3 Å². The van der Waals surface area contributed by atoms with Gasteiger partial charge in [0.25, 0.3) is 0 Å². The number of aryl methyl sites for hydroxylation is 1. The van der Waals surface area contributed by atoms with Gasteiger partial charge in [-0.1, -0.05) is 11.6 Å². The average molecular weight is 333 g/mol. The largest absolute Gasteiger partial charge is 0.496 e. The number of thiophene rings is 1. The van der Waals surface area contributed by atoms with E-state index in [1.807, 2.05) is 30.5 Å². The van der Waals surface area contributed by atoms with E-state index in [9.17, 15) is 9.59 Å². The maximum atomic E-state index is 12.4. The van der Waals surface area contributed by atoms with E-state index in [4.69, 9.17) is 9.47 Å². The second-order valence-electron chi connectivity index (χ2n) is 4.96. The molecule has 0 spiro atoms. The number of benzene rings is 1. The Kier molecular flexibility index (Phi) is 5.39. The lowest BCUT2D eigenvalue weighted by Crippen LogP contribution is -2.11. The Labute approximate surface area is 139 Å². The molecule has 6 heteroatoms. The van der Waals surface area contributed by atoms with Crippen molar-refractivity contribution in [3.05, 3.63) is 34.7 Å². The molecule has 0 bridgehead atoms. The van der Waals surface area contributed by atoms with Gasteiger partial charge in [-0.05, 0) is 26.0 Å². The maximum Gasteiger partial charge on any atom is 0.341 e. The van der Waals surface area contributed by atoms with Crippen molar-refractivity contribution in [1.82, 2.24) is 0 Å². The highest BCUT2D eigenvalue weighted by molar-refractivity contribution is 7.15. The summed E-state index contributed by atoms with van der Waals surface area (Å²) in [5.41, 5.74) is 2.89. The van der Waals surface area contributed by atoms with Crippen LogP contribution in [-0.4, -0.2) is 25.6 Å². The Hall–Kier alpha value is -2.34. The van der Waals surface area contributed by atoms with E-state index >= 15 is 0 Å². The Bertz CT molecular complexity index is 736. The zero-order valence-corrected chi connectivity index (χ0v) is 14.4. The third-order valence-corrected chi connectivity index (χ3v) is 4.10. The fourth-order valence-corrected chi connectivity index (χ4v) is 3.24. The third kappa shape index (κ3) is 3.71. The molecule has 1 aromatic carbocycles. The monoisotopic (exact) mass is 333 g/mol. The van der Waals surface area contributed by atoms with Gasteiger partial charge in [0.2, 0.25) is 5.91 Å². The second kappa shape index (κ2) is 7.28. The molecular formula is C17H19NO4S. The van der Waals surface area contributed by atoms with E-state index in [0.29, 0.717) is 21.9 Å². The second-order valence-corrected chi connectivity index (χ2v) is 5.84. The zero-order chi connectivity index (χ0) is 17.0. The molecule has 5 nitrogen and oxygen atoms in total. The number of amides is 1. The summed E-state index contributed by atoms with van der Waals surface area (Å²) in [7, 11) is 1.58. The van der Waals surface area contributed by atoms with Crippen LogP contribution in [-0.2, 0) is 9.53 Å². The number of methoxy groups -OCH3 is 1. The predicted octanol–water partition coefficient (Wildman–Crippen LogP) is 3.87. The molecule has 1 heterocycles. The molecule has 0 fully saturated rings.